The quantitative estimate of drug-likeness (QED) is 0.0152. The lowest BCUT2D eigenvalue weighted by molar-refractivity contribution is -0.145. The van der Waals surface area contributed by atoms with Crippen LogP contribution < -0.4 is 4.74 Å². The van der Waals surface area contributed by atoms with Crippen LogP contribution in [-0.4, -0.2) is 98.0 Å². The largest absolute Gasteiger partial charge is 0.743 e. The highest BCUT2D eigenvalue weighted by atomic mass is 32.2. The van der Waals surface area contributed by atoms with E-state index in [9.17, 15) is 79.6 Å². The van der Waals surface area contributed by atoms with Crippen molar-refractivity contribution in [2.45, 2.75) is 152 Å². The van der Waals surface area contributed by atoms with E-state index in [0.29, 0.717) is 6.08 Å². The number of carbonyl (C=O) groups is 3. The Morgan fingerprint density at radius 3 is 0.730 bits per heavy atom. The van der Waals surface area contributed by atoms with Gasteiger partial charge in [0.05, 0.1) is 32.7 Å². The maximum absolute atomic E-state index is 12.3. The molecule has 0 bridgehead atoms. The van der Waals surface area contributed by atoms with Crippen LogP contribution in [0.3, 0.4) is 0 Å². The summed E-state index contributed by atoms with van der Waals surface area (Å²) < 4.78 is 180. The Balaban J connectivity index is 0.000000287. The van der Waals surface area contributed by atoms with E-state index in [4.69, 9.17) is 4.74 Å². The fraction of sp³-hybridized carbons (Fsp3) is 0.241. The second-order valence-electron chi connectivity index (χ2n) is 26.8. The molecule has 594 valence electrons. The average molecular weight is 1650 g/mol. The number of ether oxygens (including phenoxy) is 4. The average Bonchev–Trinajstić information content (AvgIpc) is 0.815. The van der Waals surface area contributed by atoms with Crippen molar-refractivity contribution < 1.29 is 98.6 Å². The van der Waals surface area contributed by atoms with Crippen molar-refractivity contribution in [3.8, 4) is 5.75 Å². The summed E-state index contributed by atoms with van der Waals surface area (Å²) in [6.07, 6.45) is 0.563. The zero-order chi connectivity index (χ0) is 83.4. The van der Waals surface area contributed by atoms with Gasteiger partial charge in [0.15, 0.2) is 94.2 Å². The van der Waals surface area contributed by atoms with Gasteiger partial charge in [0.1, 0.15) is 11.4 Å². The Bertz CT molecular complexity index is 4480. The van der Waals surface area contributed by atoms with Crippen molar-refractivity contribution in [1.29, 1.82) is 0 Å². The summed E-state index contributed by atoms with van der Waals surface area (Å²) in [5.41, 5.74) is 2.61. The summed E-state index contributed by atoms with van der Waals surface area (Å²) in [6, 6.07) is 91.4. The van der Waals surface area contributed by atoms with Crippen LogP contribution in [0.5, 0.6) is 5.75 Å². The van der Waals surface area contributed by atoms with Crippen molar-refractivity contribution in [2.75, 3.05) is 19.8 Å². The fourth-order valence-corrected chi connectivity index (χ4v) is 15.6. The van der Waals surface area contributed by atoms with Crippen molar-refractivity contribution in [2.24, 2.45) is 0 Å². The van der Waals surface area contributed by atoms with Gasteiger partial charge in [-0.15, -0.1) is 0 Å². The first kappa shape index (κ1) is 94.1. The molecule has 28 heteroatoms. The topological polar surface area (TPSA) is 260 Å². The highest BCUT2D eigenvalue weighted by molar-refractivity contribution is 7.97. The molecule has 0 saturated carbocycles. The van der Waals surface area contributed by atoms with E-state index in [0.717, 1.165) is 5.75 Å². The zero-order valence-electron chi connectivity index (χ0n) is 62.8. The molecule has 0 aromatic heterocycles. The van der Waals surface area contributed by atoms with Crippen LogP contribution in [0, 0.1) is 0 Å². The first-order valence-electron chi connectivity index (χ1n) is 33.5. The molecule has 111 heavy (non-hydrogen) atoms. The number of carbonyl (C=O) groups excluding carboxylic acids is 3. The van der Waals surface area contributed by atoms with Crippen LogP contribution in [0.1, 0.15) is 87.3 Å². The molecule has 0 radical (unpaired) electrons. The first-order valence-corrected chi connectivity index (χ1v) is 41.4. The summed E-state index contributed by atoms with van der Waals surface area (Å²) in [6.45, 7) is 25.8. The molecule has 0 N–H and O–H groups in total. The summed E-state index contributed by atoms with van der Waals surface area (Å²) in [5, 5.41) is -13.8. The van der Waals surface area contributed by atoms with E-state index in [1.54, 1.807) is 0 Å². The fourth-order valence-electron chi connectivity index (χ4n) is 8.72. The molecule has 0 atom stereocenters. The van der Waals surface area contributed by atoms with Gasteiger partial charge < -0.3 is 32.6 Å². The molecule has 0 aliphatic rings. The van der Waals surface area contributed by atoms with Gasteiger partial charge in [0.25, 0.3) is 0 Å². The second-order valence-corrected chi connectivity index (χ2v) is 37.4. The third kappa shape index (κ3) is 31.5. The van der Waals surface area contributed by atoms with E-state index in [-0.39, 0.29) is 60.3 Å². The summed E-state index contributed by atoms with van der Waals surface area (Å²) in [7, 11) is -17.6. The summed E-state index contributed by atoms with van der Waals surface area (Å²) >= 11 is 0. The van der Waals surface area contributed by atoms with E-state index in [1.165, 1.54) is 69.0 Å². The minimum Gasteiger partial charge on any atom is -0.743 e. The third-order valence-electron chi connectivity index (χ3n) is 14.4. The molecule has 0 unspecified atom stereocenters. The van der Waals surface area contributed by atoms with Gasteiger partial charge in [-0.3, -0.25) is 0 Å². The zero-order valence-corrected chi connectivity index (χ0v) is 67.7. The molecule has 0 spiro atoms. The number of alkyl halides is 6. The Morgan fingerprint density at radius 2 is 0.550 bits per heavy atom. The molecule has 0 amide bonds. The van der Waals surface area contributed by atoms with E-state index in [1.807, 2.05) is 0 Å². The molecule has 0 saturated heterocycles. The van der Waals surface area contributed by atoms with Gasteiger partial charge in [-0.1, -0.05) is 195 Å². The molecule has 0 aliphatic carbocycles. The summed E-state index contributed by atoms with van der Waals surface area (Å²) in [4.78, 5) is 43.5. The van der Waals surface area contributed by atoms with Crippen molar-refractivity contribution >= 4 is 80.9 Å². The van der Waals surface area contributed by atoms with Crippen LogP contribution in [0.2, 0.25) is 0 Å². The van der Waals surface area contributed by atoms with Gasteiger partial charge in [-0.05, 0) is 178 Å². The molecule has 9 aromatic rings. The molecule has 16 nitrogen and oxygen atoms in total. The summed E-state index contributed by atoms with van der Waals surface area (Å²) in [5.74, 6) is -2.69. The van der Waals surface area contributed by atoms with Crippen LogP contribution in [-0.2, 0) is 102 Å². The lowest BCUT2D eigenvalue weighted by Gasteiger charge is -2.21. The number of benzene rings is 9. The van der Waals surface area contributed by atoms with E-state index in [2.05, 4.69) is 351 Å². The maximum atomic E-state index is 12.3. The molecule has 9 aromatic carbocycles. The standard InChI is InChI=1S/C22H23OS.2C22H23S.2C6H8F2O5S.C5H6F2O5S/c1-22(2,3)23-18-14-16-21(17-15-18)24(19-10-6-4-7-11-19)20-12-8-5-9-13-20;2*1-22(2,3)18-14-16-21(17-15-18)23(19-10-6-4-7-11-19)20-12-8-5-9-13-20;2*1-4(2)5(9)13-3-6(7,8)14(10,11)12;1-2-4(8)12-3-5(6,7)13(9,10)11/h4-17H,1-3H3;2*4-17H,1-3H3;2*1,3H2,2H3,(H,10,11,12);2H,1,3H2,(H,9,10,11)/q3*+1;;;/p-3. The Labute approximate surface area is 656 Å². The molecule has 0 fully saturated rings. The highest BCUT2D eigenvalue weighted by Crippen LogP contribution is 2.37. The number of hydrogen-bond donors (Lipinski definition) is 0. The highest BCUT2D eigenvalue weighted by Gasteiger charge is 2.42. The van der Waals surface area contributed by atoms with Crippen molar-refractivity contribution in [3.63, 3.8) is 0 Å². The molecular weight excluding hydrogens is 1560 g/mol. The Kier molecular flexibility index (Phi) is 35.5. The maximum Gasteiger partial charge on any atom is 0.367 e. The number of esters is 3. The van der Waals surface area contributed by atoms with Gasteiger partial charge in [0.2, 0.25) is 0 Å². The minimum absolute atomic E-state index is 0.0497. The number of halogens is 6. The molecule has 9 rings (SSSR count). The van der Waals surface area contributed by atoms with E-state index >= 15 is 0 Å². The SMILES string of the molecule is C=C(C)C(=O)OCC(F)(F)S(=O)(=O)[O-].C=C(C)C(=O)OCC(F)(F)S(=O)(=O)[O-].C=CC(=O)OCC(F)(F)S(=O)(=O)[O-].CC(C)(C)Oc1ccc([S+](c2ccccc2)c2ccccc2)cc1.CC(C)(C)c1ccc([S+](c2ccccc2)c2ccccc2)cc1.CC(C)(C)c1ccc([S+](c2ccccc2)c2ccccc2)cc1. The molecular formula is C83H88F6O16S6. The van der Waals surface area contributed by atoms with E-state index < -0.39 is 83.8 Å². The normalized spacial score (nSPS) is 11.8. The third-order valence-corrected chi connectivity index (χ3v) is 23.6. The van der Waals surface area contributed by atoms with Crippen LogP contribution in [0.25, 0.3) is 0 Å². The lowest BCUT2D eigenvalue weighted by atomic mass is 9.87. The predicted octanol–water partition coefficient (Wildman–Crippen LogP) is 18.5. The number of hydrogen-bond acceptors (Lipinski definition) is 16. The minimum atomic E-state index is -5.81. The van der Waals surface area contributed by atoms with Crippen molar-refractivity contribution in [3.05, 3.63) is 303 Å². The van der Waals surface area contributed by atoms with Crippen LogP contribution in [0.15, 0.2) is 336 Å². The second kappa shape index (κ2) is 41.9. The first-order chi connectivity index (χ1) is 51.5. The molecule has 0 heterocycles. The van der Waals surface area contributed by atoms with Gasteiger partial charge in [-0.25, -0.2) is 39.6 Å². The number of rotatable bonds is 22. The predicted molar refractivity (Wildman–Crippen MR) is 419 cm³/mol. The van der Waals surface area contributed by atoms with Gasteiger partial charge >= 0.3 is 33.7 Å². The van der Waals surface area contributed by atoms with Crippen LogP contribution in [0.4, 0.5) is 26.3 Å². The van der Waals surface area contributed by atoms with Crippen molar-refractivity contribution in [1.82, 2.24) is 0 Å². The lowest BCUT2D eigenvalue weighted by Crippen LogP contribution is -2.34. The van der Waals surface area contributed by atoms with Gasteiger partial charge in [0, 0.05) is 17.2 Å². The Hall–Kier alpha value is -9.23. The monoisotopic (exact) mass is 1650 g/mol. The van der Waals surface area contributed by atoms with Crippen LogP contribution >= 0.6 is 0 Å². The van der Waals surface area contributed by atoms with Gasteiger partial charge in [-0.2, -0.15) is 26.3 Å². The smallest absolute Gasteiger partial charge is 0.367 e. The Morgan fingerprint density at radius 1 is 0.351 bits per heavy atom. The molecule has 0 aliphatic heterocycles.